The van der Waals surface area contributed by atoms with Crippen molar-refractivity contribution in [1.29, 1.82) is 0 Å². The van der Waals surface area contributed by atoms with Crippen molar-refractivity contribution in [3.63, 3.8) is 0 Å². The van der Waals surface area contributed by atoms with Gasteiger partial charge in [0.15, 0.2) is 3.95 Å². The van der Waals surface area contributed by atoms with Crippen LogP contribution >= 0.6 is 23.6 Å². The highest BCUT2D eigenvalue weighted by molar-refractivity contribution is 7.73. The highest BCUT2D eigenvalue weighted by Crippen LogP contribution is 2.21. The van der Waals surface area contributed by atoms with Gasteiger partial charge in [0.2, 0.25) is 5.91 Å². The average Bonchev–Trinajstić information content (AvgIpc) is 2.67. The van der Waals surface area contributed by atoms with E-state index in [0.717, 1.165) is 25.8 Å². The molecule has 5 heteroatoms. The third-order valence-corrected chi connectivity index (χ3v) is 4.42. The zero-order valence-corrected chi connectivity index (χ0v) is 12.8. The van der Waals surface area contributed by atoms with Crippen molar-refractivity contribution in [2.24, 2.45) is 0 Å². The lowest BCUT2D eigenvalue weighted by Gasteiger charge is -2.19. The highest BCUT2D eigenvalue weighted by Gasteiger charge is 2.15. The summed E-state index contributed by atoms with van der Waals surface area (Å²) >= 11 is 6.56. The van der Waals surface area contributed by atoms with Gasteiger partial charge in [-0.25, -0.2) is 0 Å². The molecule has 0 aliphatic heterocycles. The molecule has 0 saturated heterocycles. The van der Waals surface area contributed by atoms with E-state index < -0.39 is 0 Å². The second kappa shape index (κ2) is 5.67. The van der Waals surface area contributed by atoms with Crippen LogP contribution in [-0.4, -0.2) is 17.9 Å². The number of H-pyrrole nitrogens is 1. The number of para-hydroxylation sites is 1. The van der Waals surface area contributed by atoms with E-state index in [-0.39, 0.29) is 5.91 Å². The summed E-state index contributed by atoms with van der Waals surface area (Å²) in [6.45, 7) is 3.95. The molecule has 19 heavy (non-hydrogen) atoms. The molecule has 1 aromatic heterocycles. The number of likely N-dealkylation sites (N-methyl/N-ethyl adjacent to an activating group) is 1. The number of rotatable bonds is 3. The summed E-state index contributed by atoms with van der Waals surface area (Å²) in [5, 5.41) is 0. The van der Waals surface area contributed by atoms with Gasteiger partial charge < -0.3 is 9.88 Å². The Kier molecular flexibility index (Phi) is 4.17. The van der Waals surface area contributed by atoms with Gasteiger partial charge in [0.05, 0.1) is 6.42 Å². The molecular formula is C14H16N2OS2. The lowest BCUT2D eigenvalue weighted by Crippen LogP contribution is -2.28. The smallest absolute Gasteiger partial charge is 0.232 e. The number of carbonyl (C=O) groups excluding carboxylic acids is 1. The molecule has 2 rings (SSSR count). The molecule has 0 spiro atoms. The molecule has 0 aliphatic carbocycles. The predicted molar refractivity (Wildman–Crippen MR) is 82.5 cm³/mol. The minimum atomic E-state index is 0.0719. The monoisotopic (exact) mass is 292 g/mol. The van der Waals surface area contributed by atoms with Gasteiger partial charge in [0, 0.05) is 23.3 Å². The number of hydrogen-bond acceptors (Lipinski definition) is 3. The number of aromatic amines is 1. The van der Waals surface area contributed by atoms with Gasteiger partial charge in [-0.1, -0.05) is 18.2 Å². The quantitative estimate of drug-likeness (QED) is 0.877. The van der Waals surface area contributed by atoms with E-state index in [0.29, 0.717) is 6.42 Å². The van der Waals surface area contributed by atoms with Gasteiger partial charge in [-0.05, 0) is 37.7 Å². The highest BCUT2D eigenvalue weighted by atomic mass is 32.1. The molecule has 1 heterocycles. The number of nitrogens with one attached hydrogen (secondary N) is 1. The lowest BCUT2D eigenvalue weighted by molar-refractivity contribution is -0.117. The summed E-state index contributed by atoms with van der Waals surface area (Å²) in [4.78, 5) is 18.1. The number of aromatic nitrogens is 1. The third kappa shape index (κ3) is 3.11. The fraction of sp³-hybridized carbons (Fsp3) is 0.286. The van der Waals surface area contributed by atoms with Crippen LogP contribution in [0.25, 0.3) is 0 Å². The molecule has 0 unspecified atom stereocenters. The molecule has 0 radical (unpaired) electrons. The lowest BCUT2D eigenvalue weighted by atomic mass is 10.1. The van der Waals surface area contributed by atoms with Crippen LogP contribution in [0, 0.1) is 17.8 Å². The van der Waals surface area contributed by atoms with Gasteiger partial charge in [-0.15, -0.1) is 11.3 Å². The van der Waals surface area contributed by atoms with Crippen LogP contribution in [0.1, 0.15) is 16.1 Å². The molecular weight excluding hydrogens is 276 g/mol. The summed E-state index contributed by atoms with van der Waals surface area (Å²) in [5.41, 5.74) is 3.03. The number of hydrogen-bond donors (Lipinski definition) is 1. The molecule has 100 valence electrons. The van der Waals surface area contributed by atoms with Crippen molar-refractivity contribution in [3.05, 3.63) is 44.4 Å². The van der Waals surface area contributed by atoms with Crippen LogP contribution in [0.4, 0.5) is 5.69 Å². The number of nitrogens with zero attached hydrogens (tertiary/aromatic N) is 1. The second-order valence-corrected chi connectivity index (χ2v) is 6.25. The summed E-state index contributed by atoms with van der Waals surface area (Å²) < 4.78 is 0.721. The minimum Gasteiger partial charge on any atom is -0.341 e. The van der Waals surface area contributed by atoms with Crippen molar-refractivity contribution in [1.82, 2.24) is 4.98 Å². The SMILES string of the molecule is Cc1ccccc1N(C)C(=O)Cc1sc(=S)[nH]c1C. The number of thiazole rings is 1. The van der Waals surface area contributed by atoms with Crippen LogP contribution in [0.2, 0.25) is 0 Å². The van der Waals surface area contributed by atoms with E-state index in [2.05, 4.69) is 4.98 Å². The number of benzene rings is 1. The van der Waals surface area contributed by atoms with E-state index in [1.807, 2.05) is 45.2 Å². The minimum absolute atomic E-state index is 0.0719. The van der Waals surface area contributed by atoms with Crippen molar-refractivity contribution in [3.8, 4) is 0 Å². The van der Waals surface area contributed by atoms with Crippen LogP contribution < -0.4 is 4.90 Å². The van der Waals surface area contributed by atoms with Crippen LogP contribution in [-0.2, 0) is 11.2 Å². The number of carbonyl (C=O) groups is 1. The molecule has 0 atom stereocenters. The van der Waals surface area contributed by atoms with Gasteiger partial charge in [0.25, 0.3) is 0 Å². The first-order chi connectivity index (χ1) is 8.99. The predicted octanol–water partition coefficient (Wildman–Crippen LogP) is 3.63. The van der Waals surface area contributed by atoms with Crippen molar-refractivity contribution < 1.29 is 4.79 Å². The number of amides is 1. The first-order valence-corrected chi connectivity index (χ1v) is 7.22. The van der Waals surface area contributed by atoms with E-state index in [1.165, 1.54) is 11.3 Å². The number of aryl methyl sites for hydroxylation is 2. The Hall–Kier alpha value is -1.46. The third-order valence-electron chi connectivity index (χ3n) is 3.09. The van der Waals surface area contributed by atoms with Crippen molar-refractivity contribution in [2.45, 2.75) is 20.3 Å². The zero-order chi connectivity index (χ0) is 14.0. The summed E-state index contributed by atoms with van der Waals surface area (Å²) in [5.74, 6) is 0.0719. The Morgan fingerprint density at radius 3 is 2.63 bits per heavy atom. The van der Waals surface area contributed by atoms with E-state index >= 15 is 0 Å². The summed E-state index contributed by atoms with van der Waals surface area (Å²) in [7, 11) is 1.81. The molecule has 0 fully saturated rings. The van der Waals surface area contributed by atoms with Gasteiger partial charge in [-0.2, -0.15) is 0 Å². The zero-order valence-electron chi connectivity index (χ0n) is 11.2. The Morgan fingerprint density at radius 1 is 1.37 bits per heavy atom. The summed E-state index contributed by atoms with van der Waals surface area (Å²) in [6, 6.07) is 7.88. The van der Waals surface area contributed by atoms with Crippen LogP contribution in [0.3, 0.4) is 0 Å². The molecule has 0 saturated carbocycles. The fourth-order valence-electron chi connectivity index (χ4n) is 1.94. The molecule has 2 aromatic rings. The number of anilines is 1. The van der Waals surface area contributed by atoms with Crippen LogP contribution in [0.5, 0.6) is 0 Å². The largest absolute Gasteiger partial charge is 0.341 e. The van der Waals surface area contributed by atoms with Crippen molar-refractivity contribution >= 4 is 35.1 Å². The second-order valence-electron chi connectivity index (χ2n) is 4.48. The topological polar surface area (TPSA) is 36.1 Å². The molecule has 1 aromatic carbocycles. The molecule has 0 bridgehead atoms. The first kappa shape index (κ1) is 14.0. The van der Waals surface area contributed by atoms with E-state index in [4.69, 9.17) is 12.2 Å². The van der Waals surface area contributed by atoms with Gasteiger partial charge >= 0.3 is 0 Å². The van der Waals surface area contributed by atoms with E-state index in [1.54, 1.807) is 4.90 Å². The molecule has 0 aliphatic rings. The van der Waals surface area contributed by atoms with Gasteiger partial charge in [0.1, 0.15) is 0 Å². The Balaban J connectivity index is 2.19. The first-order valence-electron chi connectivity index (χ1n) is 6.00. The average molecular weight is 292 g/mol. The summed E-state index contributed by atoms with van der Waals surface area (Å²) in [6.07, 6.45) is 0.383. The fourth-order valence-corrected chi connectivity index (χ4v) is 3.22. The molecule has 1 N–H and O–H groups in total. The molecule has 1 amide bonds. The standard InChI is InChI=1S/C14H16N2OS2/c1-9-6-4-5-7-11(9)16(3)13(17)8-12-10(2)15-14(18)19-12/h4-7H,8H2,1-3H3,(H,15,18). The van der Waals surface area contributed by atoms with E-state index in [9.17, 15) is 4.79 Å². The molecule has 3 nitrogen and oxygen atoms in total. The maximum atomic E-state index is 12.3. The Labute approximate surface area is 121 Å². The maximum absolute atomic E-state index is 12.3. The van der Waals surface area contributed by atoms with Crippen LogP contribution in [0.15, 0.2) is 24.3 Å². The maximum Gasteiger partial charge on any atom is 0.232 e. The normalized spacial score (nSPS) is 10.5. The van der Waals surface area contributed by atoms with Crippen molar-refractivity contribution in [2.75, 3.05) is 11.9 Å². The van der Waals surface area contributed by atoms with Gasteiger partial charge in [-0.3, -0.25) is 4.79 Å². The Morgan fingerprint density at radius 2 is 2.05 bits per heavy atom. The Bertz CT molecular complexity index is 657.